The van der Waals surface area contributed by atoms with Gasteiger partial charge in [0.1, 0.15) is 5.60 Å². The summed E-state index contributed by atoms with van der Waals surface area (Å²) in [4.78, 5) is 4.07. The Bertz CT molecular complexity index is 163. The standard InChI is InChI=1S/C10H21NO/c1-6-7-10(12,8(2)3)9(4)11-5/h8,12H,6-7H2,1-5H3/b11-9-. The van der Waals surface area contributed by atoms with Crippen LogP contribution >= 0.6 is 0 Å². The lowest BCUT2D eigenvalue weighted by Gasteiger charge is -2.31. The van der Waals surface area contributed by atoms with E-state index < -0.39 is 5.60 Å². The van der Waals surface area contributed by atoms with Crippen molar-refractivity contribution in [1.82, 2.24) is 0 Å². The Morgan fingerprint density at radius 1 is 1.50 bits per heavy atom. The van der Waals surface area contributed by atoms with E-state index in [9.17, 15) is 5.11 Å². The molecule has 0 aliphatic heterocycles. The summed E-state index contributed by atoms with van der Waals surface area (Å²) in [7, 11) is 1.73. The zero-order chi connectivity index (χ0) is 9.78. The van der Waals surface area contributed by atoms with Gasteiger partial charge in [-0.15, -0.1) is 0 Å². The predicted molar refractivity (Wildman–Crippen MR) is 53.7 cm³/mol. The SMILES string of the molecule is CCCC(O)(/C(C)=N\C)C(C)C. The second kappa shape index (κ2) is 4.61. The number of aliphatic imine (C=N–C) groups is 1. The minimum absolute atomic E-state index is 0.237. The number of nitrogens with zero attached hydrogens (tertiary/aromatic N) is 1. The van der Waals surface area contributed by atoms with Crippen LogP contribution in [0.2, 0.25) is 0 Å². The third-order valence-corrected chi connectivity index (χ3v) is 2.55. The van der Waals surface area contributed by atoms with Crippen LogP contribution in [0.25, 0.3) is 0 Å². The fourth-order valence-corrected chi connectivity index (χ4v) is 1.46. The van der Waals surface area contributed by atoms with Crippen LogP contribution in [-0.2, 0) is 0 Å². The maximum absolute atomic E-state index is 10.2. The van der Waals surface area contributed by atoms with Gasteiger partial charge in [-0.05, 0) is 19.3 Å². The van der Waals surface area contributed by atoms with Crippen molar-refractivity contribution in [2.75, 3.05) is 7.05 Å². The Kier molecular flexibility index (Phi) is 4.46. The van der Waals surface area contributed by atoms with Crippen LogP contribution in [0.15, 0.2) is 4.99 Å². The van der Waals surface area contributed by atoms with Crippen molar-refractivity contribution in [2.45, 2.75) is 46.1 Å². The Balaban J connectivity index is 4.61. The fourth-order valence-electron chi connectivity index (χ4n) is 1.46. The van der Waals surface area contributed by atoms with Crippen LogP contribution in [-0.4, -0.2) is 23.5 Å². The van der Waals surface area contributed by atoms with Crippen LogP contribution in [0.4, 0.5) is 0 Å². The molecule has 0 aliphatic carbocycles. The highest BCUT2D eigenvalue weighted by Gasteiger charge is 2.32. The van der Waals surface area contributed by atoms with Crippen LogP contribution in [0.3, 0.4) is 0 Å². The molecule has 0 saturated carbocycles. The Labute approximate surface area is 75.7 Å². The maximum Gasteiger partial charge on any atom is 0.104 e. The van der Waals surface area contributed by atoms with Crippen molar-refractivity contribution in [2.24, 2.45) is 10.9 Å². The minimum Gasteiger partial charge on any atom is -0.384 e. The monoisotopic (exact) mass is 171 g/mol. The van der Waals surface area contributed by atoms with Gasteiger partial charge >= 0.3 is 0 Å². The molecule has 0 fully saturated rings. The first kappa shape index (κ1) is 11.6. The fraction of sp³-hybridized carbons (Fsp3) is 0.900. The van der Waals surface area contributed by atoms with Crippen molar-refractivity contribution in [1.29, 1.82) is 0 Å². The lowest BCUT2D eigenvalue weighted by Crippen LogP contribution is -2.42. The summed E-state index contributed by atoms with van der Waals surface area (Å²) in [6.07, 6.45) is 1.79. The van der Waals surface area contributed by atoms with E-state index in [-0.39, 0.29) is 5.92 Å². The van der Waals surface area contributed by atoms with Gasteiger partial charge in [-0.25, -0.2) is 0 Å². The summed E-state index contributed by atoms with van der Waals surface area (Å²) in [5.41, 5.74) is 0.156. The first-order chi connectivity index (χ1) is 5.49. The average Bonchev–Trinajstić information content (AvgIpc) is 2.03. The molecule has 1 N–H and O–H groups in total. The molecule has 0 bridgehead atoms. The van der Waals surface area contributed by atoms with Crippen molar-refractivity contribution in [3.05, 3.63) is 0 Å². The van der Waals surface area contributed by atoms with Gasteiger partial charge in [0, 0.05) is 12.8 Å². The smallest absolute Gasteiger partial charge is 0.104 e. The highest BCUT2D eigenvalue weighted by molar-refractivity contribution is 5.90. The van der Waals surface area contributed by atoms with E-state index in [0.717, 1.165) is 18.6 Å². The minimum atomic E-state index is -0.691. The molecule has 2 nitrogen and oxygen atoms in total. The van der Waals surface area contributed by atoms with Gasteiger partial charge in [-0.1, -0.05) is 27.2 Å². The van der Waals surface area contributed by atoms with Gasteiger partial charge < -0.3 is 5.11 Å². The molecule has 0 radical (unpaired) electrons. The molecule has 2 heteroatoms. The zero-order valence-corrected chi connectivity index (χ0v) is 8.89. The first-order valence-corrected chi connectivity index (χ1v) is 4.65. The second-order valence-electron chi connectivity index (χ2n) is 3.64. The molecule has 12 heavy (non-hydrogen) atoms. The molecule has 72 valence electrons. The number of aliphatic hydroxyl groups is 1. The zero-order valence-electron chi connectivity index (χ0n) is 8.89. The highest BCUT2D eigenvalue weighted by atomic mass is 16.3. The number of hydrogen-bond donors (Lipinski definition) is 1. The molecule has 1 atom stereocenters. The third kappa shape index (κ3) is 2.31. The molecular weight excluding hydrogens is 150 g/mol. The van der Waals surface area contributed by atoms with Crippen molar-refractivity contribution in [3.63, 3.8) is 0 Å². The van der Waals surface area contributed by atoms with Crippen molar-refractivity contribution in [3.8, 4) is 0 Å². The van der Waals surface area contributed by atoms with E-state index in [1.54, 1.807) is 7.05 Å². The Hall–Kier alpha value is -0.370. The third-order valence-electron chi connectivity index (χ3n) is 2.55. The van der Waals surface area contributed by atoms with Crippen LogP contribution < -0.4 is 0 Å². The molecule has 0 aromatic carbocycles. The van der Waals surface area contributed by atoms with Crippen molar-refractivity contribution < 1.29 is 5.11 Å². The Morgan fingerprint density at radius 3 is 2.25 bits per heavy atom. The van der Waals surface area contributed by atoms with E-state index in [1.807, 2.05) is 20.8 Å². The van der Waals surface area contributed by atoms with Crippen molar-refractivity contribution >= 4 is 5.71 Å². The van der Waals surface area contributed by atoms with Crippen LogP contribution in [0.1, 0.15) is 40.5 Å². The van der Waals surface area contributed by atoms with Gasteiger partial charge in [0.2, 0.25) is 0 Å². The molecule has 0 aromatic heterocycles. The molecule has 0 spiro atoms. The van der Waals surface area contributed by atoms with Gasteiger partial charge in [-0.2, -0.15) is 0 Å². The maximum atomic E-state index is 10.2. The molecule has 0 aliphatic rings. The highest BCUT2D eigenvalue weighted by Crippen LogP contribution is 2.24. The van der Waals surface area contributed by atoms with Gasteiger partial charge in [-0.3, -0.25) is 4.99 Å². The first-order valence-electron chi connectivity index (χ1n) is 4.65. The average molecular weight is 171 g/mol. The van der Waals surface area contributed by atoms with Crippen LogP contribution in [0, 0.1) is 5.92 Å². The van der Waals surface area contributed by atoms with E-state index in [1.165, 1.54) is 0 Å². The van der Waals surface area contributed by atoms with E-state index in [0.29, 0.717) is 0 Å². The number of hydrogen-bond acceptors (Lipinski definition) is 2. The molecule has 0 saturated heterocycles. The summed E-state index contributed by atoms with van der Waals surface area (Å²) in [6, 6.07) is 0. The van der Waals surface area contributed by atoms with Gasteiger partial charge in [0.15, 0.2) is 0 Å². The lowest BCUT2D eigenvalue weighted by atomic mass is 9.82. The quantitative estimate of drug-likeness (QED) is 0.647. The summed E-state index contributed by atoms with van der Waals surface area (Å²) >= 11 is 0. The molecule has 1 unspecified atom stereocenters. The summed E-state index contributed by atoms with van der Waals surface area (Å²) < 4.78 is 0. The molecule has 0 heterocycles. The van der Waals surface area contributed by atoms with E-state index in [4.69, 9.17) is 0 Å². The van der Waals surface area contributed by atoms with E-state index >= 15 is 0 Å². The van der Waals surface area contributed by atoms with Crippen LogP contribution in [0.5, 0.6) is 0 Å². The molecule has 0 rings (SSSR count). The lowest BCUT2D eigenvalue weighted by molar-refractivity contribution is 0.0535. The second-order valence-corrected chi connectivity index (χ2v) is 3.64. The predicted octanol–water partition coefficient (Wildman–Crippen LogP) is 2.26. The van der Waals surface area contributed by atoms with E-state index in [2.05, 4.69) is 11.9 Å². The number of rotatable bonds is 4. The van der Waals surface area contributed by atoms with Gasteiger partial charge in [0.25, 0.3) is 0 Å². The Morgan fingerprint density at radius 2 is 2.00 bits per heavy atom. The topological polar surface area (TPSA) is 32.6 Å². The normalized spacial score (nSPS) is 18.1. The summed E-state index contributed by atoms with van der Waals surface area (Å²) in [5.74, 6) is 0.237. The summed E-state index contributed by atoms with van der Waals surface area (Å²) in [5, 5.41) is 10.2. The summed E-state index contributed by atoms with van der Waals surface area (Å²) in [6.45, 7) is 8.04. The van der Waals surface area contributed by atoms with Gasteiger partial charge in [0.05, 0.1) is 0 Å². The molecular formula is C10H21NO. The molecule has 0 amide bonds. The molecule has 0 aromatic rings. The largest absolute Gasteiger partial charge is 0.384 e.